The van der Waals surface area contributed by atoms with Crippen molar-refractivity contribution in [3.8, 4) is 0 Å². The molecule has 0 radical (unpaired) electrons. The molecule has 0 spiro atoms. The number of para-hydroxylation sites is 1. The van der Waals surface area contributed by atoms with E-state index in [-0.39, 0.29) is 17.9 Å². The van der Waals surface area contributed by atoms with Gasteiger partial charge in [0.2, 0.25) is 5.91 Å². The molecule has 1 aromatic heterocycles. The first-order valence-electron chi connectivity index (χ1n) is 7.33. The third-order valence-electron chi connectivity index (χ3n) is 3.81. The van der Waals surface area contributed by atoms with Gasteiger partial charge in [0.05, 0.1) is 36.5 Å². The Balaban J connectivity index is 1.72. The van der Waals surface area contributed by atoms with Gasteiger partial charge in [0.15, 0.2) is 0 Å². The molecule has 1 fully saturated rings. The lowest BCUT2D eigenvalue weighted by atomic mass is 10.0. The van der Waals surface area contributed by atoms with Crippen molar-refractivity contribution >= 4 is 22.5 Å². The van der Waals surface area contributed by atoms with Gasteiger partial charge in [-0.3, -0.25) is 9.89 Å². The second-order valence-corrected chi connectivity index (χ2v) is 5.33. The van der Waals surface area contributed by atoms with Crippen molar-refractivity contribution in [1.29, 1.82) is 0 Å². The van der Waals surface area contributed by atoms with E-state index >= 15 is 0 Å². The molecule has 3 rings (SSSR count). The molecule has 2 unspecified atom stereocenters. The number of benzene rings is 1. The summed E-state index contributed by atoms with van der Waals surface area (Å²) in [5, 5.41) is 14.3. The van der Waals surface area contributed by atoms with Crippen molar-refractivity contribution in [2.45, 2.75) is 19.4 Å². The minimum atomic E-state index is -0.158. The number of fused-ring (bicyclic) bond motifs is 1. The van der Waals surface area contributed by atoms with Crippen LogP contribution in [0.15, 0.2) is 24.4 Å². The fraction of sp³-hybridized carbons (Fsp3) is 0.467. The Morgan fingerprint density at radius 3 is 3.24 bits per heavy atom. The van der Waals surface area contributed by atoms with Crippen LogP contribution in [0.2, 0.25) is 0 Å². The van der Waals surface area contributed by atoms with E-state index in [1.54, 1.807) is 6.20 Å². The number of nitrogens with zero attached hydrogens (tertiary/aromatic N) is 1. The van der Waals surface area contributed by atoms with Crippen LogP contribution in [0.5, 0.6) is 0 Å². The zero-order valence-corrected chi connectivity index (χ0v) is 12.1. The Kier molecular flexibility index (Phi) is 4.17. The lowest BCUT2D eigenvalue weighted by Crippen LogP contribution is -2.41. The van der Waals surface area contributed by atoms with Gasteiger partial charge in [-0.15, -0.1) is 0 Å². The molecule has 2 atom stereocenters. The maximum atomic E-state index is 12.5. The van der Waals surface area contributed by atoms with Gasteiger partial charge < -0.3 is 15.4 Å². The number of carbonyl (C=O) groups excluding carboxylic acids is 1. The molecule has 0 bridgehead atoms. The highest BCUT2D eigenvalue weighted by Crippen LogP contribution is 2.22. The first-order valence-corrected chi connectivity index (χ1v) is 7.33. The van der Waals surface area contributed by atoms with Gasteiger partial charge in [0.25, 0.3) is 0 Å². The number of amides is 1. The highest BCUT2D eigenvalue weighted by atomic mass is 16.5. The Labute approximate surface area is 123 Å². The molecule has 1 saturated heterocycles. The summed E-state index contributed by atoms with van der Waals surface area (Å²) in [4.78, 5) is 12.5. The van der Waals surface area contributed by atoms with E-state index in [0.717, 1.165) is 29.6 Å². The van der Waals surface area contributed by atoms with Crippen molar-refractivity contribution < 1.29 is 9.53 Å². The van der Waals surface area contributed by atoms with Crippen LogP contribution in [-0.4, -0.2) is 41.9 Å². The van der Waals surface area contributed by atoms with Gasteiger partial charge in [-0.05, 0) is 19.0 Å². The SMILES string of the molecule is CCCNC1COCC1C(=O)Nc1cccc2cn[nH]c12. The third kappa shape index (κ3) is 2.91. The zero-order chi connectivity index (χ0) is 14.7. The average molecular weight is 288 g/mol. The topological polar surface area (TPSA) is 79.0 Å². The van der Waals surface area contributed by atoms with Gasteiger partial charge in [0.1, 0.15) is 0 Å². The number of rotatable bonds is 5. The van der Waals surface area contributed by atoms with E-state index in [4.69, 9.17) is 4.74 Å². The molecule has 1 aliphatic rings. The average Bonchev–Trinajstić information content (AvgIpc) is 3.14. The molecule has 0 aliphatic carbocycles. The van der Waals surface area contributed by atoms with Crippen molar-refractivity contribution in [2.24, 2.45) is 5.92 Å². The highest BCUT2D eigenvalue weighted by molar-refractivity contribution is 6.01. The first-order chi connectivity index (χ1) is 10.3. The van der Waals surface area contributed by atoms with E-state index in [0.29, 0.717) is 13.2 Å². The van der Waals surface area contributed by atoms with Crippen LogP contribution in [0, 0.1) is 5.92 Å². The molecule has 21 heavy (non-hydrogen) atoms. The van der Waals surface area contributed by atoms with Crippen LogP contribution in [-0.2, 0) is 9.53 Å². The second-order valence-electron chi connectivity index (χ2n) is 5.33. The van der Waals surface area contributed by atoms with E-state index < -0.39 is 0 Å². The Morgan fingerprint density at radius 2 is 2.38 bits per heavy atom. The van der Waals surface area contributed by atoms with Gasteiger partial charge in [0, 0.05) is 11.4 Å². The predicted molar refractivity (Wildman–Crippen MR) is 81.1 cm³/mol. The van der Waals surface area contributed by atoms with Crippen LogP contribution in [0.25, 0.3) is 10.9 Å². The number of aromatic amines is 1. The second kappa shape index (κ2) is 6.24. The Bertz CT molecular complexity index is 625. The summed E-state index contributed by atoms with van der Waals surface area (Å²) < 4.78 is 5.45. The molecule has 1 aliphatic heterocycles. The largest absolute Gasteiger partial charge is 0.379 e. The monoisotopic (exact) mass is 288 g/mol. The van der Waals surface area contributed by atoms with Crippen LogP contribution in [0.3, 0.4) is 0 Å². The molecular formula is C15H20N4O2. The van der Waals surface area contributed by atoms with Crippen molar-refractivity contribution in [3.05, 3.63) is 24.4 Å². The number of carbonyl (C=O) groups is 1. The van der Waals surface area contributed by atoms with E-state index in [2.05, 4.69) is 27.8 Å². The first kappa shape index (κ1) is 14.0. The summed E-state index contributed by atoms with van der Waals surface area (Å²) in [7, 11) is 0. The predicted octanol–water partition coefficient (Wildman–Crippen LogP) is 1.52. The zero-order valence-electron chi connectivity index (χ0n) is 12.1. The summed E-state index contributed by atoms with van der Waals surface area (Å²) >= 11 is 0. The smallest absolute Gasteiger partial charge is 0.231 e. The number of nitrogens with one attached hydrogen (secondary N) is 3. The number of aromatic nitrogens is 2. The van der Waals surface area contributed by atoms with E-state index in [1.165, 1.54) is 0 Å². The summed E-state index contributed by atoms with van der Waals surface area (Å²) in [6, 6.07) is 5.83. The van der Waals surface area contributed by atoms with Crippen molar-refractivity contribution in [2.75, 3.05) is 25.1 Å². The number of anilines is 1. The van der Waals surface area contributed by atoms with Crippen LogP contribution < -0.4 is 10.6 Å². The number of ether oxygens (including phenoxy) is 1. The van der Waals surface area contributed by atoms with Crippen molar-refractivity contribution in [1.82, 2.24) is 15.5 Å². The molecule has 1 aromatic carbocycles. The van der Waals surface area contributed by atoms with E-state index in [9.17, 15) is 4.79 Å². The molecule has 2 aromatic rings. The molecule has 2 heterocycles. The number of hydrogen-bond donors (Lipinski definition) is 3. The lowest BCUT2D eigenvalue weighted by molar-refractivity contribution is -0.120. The molecule has 6 nitrogen and oxygen atoms in total. The van der Waals surface area contributed by atoms with Crippen molar-refractivity contribution in [3.63, 3.8) is 0 Å². The Hall–Kier alpha value is -1.92. The maximum Gasteiger partial charge on any atom is 0.231 e. The normalized spacial score (nSPS) is 21.8. The Morgan fingerprint density at radius 1 is 1.48 bits per heavy atom. The molecule has 1 amide bonds. The van der Waals surface area contributed by atoms with Gasteiger partial charge in [-0.1, -0.05) is 19.1 Å². The fourth-order valence-electron chi connectivity index (χ4n) is 2.64. The molecule has 112 valence electrons. The highest BCUT2D eigenvalue weighted by Gasteiger charge is 2.33. The maximum absolute atomic E-state index is 12.5. The quantitative estimate of drug-likeness (QED) is 0.779. The minimum absolute atomic E-state index is 0.0109. The minimum Gasteiger partial charge on any atom is -0.379 e. The van der Waals surface area contributed by atoms with E-state index in [1.807, 2.05) is 18.2 Å². The summed E-state index contributed by atoms with van der Waals surface area (Å²) in [5.74, 6) is -0.169. The molecule has 3 N–H and O–H groups in total. The van der Waals surface area contributed by atoms with Gasteiger partial charge in [-0.2, -0.15) is 5.10 Å². The molecule has 0 saturated carbocycles. The van der Waals surface area contributed by atoms with Crippen LogP contribution in [0.4, 0.5) is 5.69 Å². The van der Waals surface area contributed by atoms with Gasteiger partial charge in [-0.25, -0.2) is 0 Å². The summed E-state index contributed by atoms with van der Waals surface area (Å²) in [5.41, 5.74) is 1.61. The standard InChI is InChI=1S/C15H20N4O2/c1-2-6-16-13-9-21-8-11(13)15(20)18-12-5-3-4-10-7-17-19-14(10)12/h3-5,7,11,13,16H,2,6,8-9H2,1H3,(H,17,19)(H,18,20). The summed E-state index contributed by atoms with van der Waals surface area (Å²) in [6.45, 7) is 4.06. The number of H-pyrrole nitrogens is 1. The van der Waals surface area contributed by atoms with Gasteiger partial charge >= 0.3 is 0 Å². The molecule has 6 heteroatoms. The summed E-state index contributed by atoms with van der Waals surface area (Å²) in [6.07, 6.45) is 2.79. The fourth-order valence-corrected chi connectivity index (χ4v) is 2.64. The van der Waals surface area contributed by atoms with Crippen LogP contribution in [0.1, 0.15) is 13.3 Å². The lowest BCUT2D eigenvalue weighted by Gasteiger charge is -2.18. The third-order valence-corrected chi connectivity index (χ3v) is 3.81. The molecular weight excluding hydrogens is 268 g/mol. The number of hydrogen-bond acceptors (Lipinski definition) is 4. The van der Waals surface area contributed by atoms with Crippen LogP contribution >= 0.6 is 0 Å².